The molecule has 5 nitrogen and oxygen atoms in total. The largest absolute Gasteiger partial charge is 0.493 e. The Morgan fingerprint density at radius 3 is 2.45 bits per heavy atom. The summed E-state index contributed by atoms with van der Waals surface area (Å²) in [5.74, 6) is 2.21. The van der Waals surface area contributed by atoms with Gasteiger partial charge in [-0.15, -0.1) is 0 Å². The summed E-state index contributed by atoms with van der Waals surface area (Å²) in [5.41, 5.74) is 7.35. The van der Waals surface area contributed by atoms with Crippen LogP contribution < -0.4 is 20.5 Å². The van der Waals surface area contributed by atoms with E-state index < -0.39 is 0 Å². The fraction of sp³-hybridized carbons (Fsp3) is 0.267. The molecule has 0 aliphatic rings. The van der Waals surface area contributed by atoms with Crippen molar-refractivity contribution in [2.24, 2.45) is 0 Å². The molecule has 5 heteroatoms. The maximum atomic E-state index is 5.62. The Hall–Kier alpha value is -2.43. The minimum Gasteiger partial charge on any atom is -0.493 e. The number of methoxy groups -OCH3 is 2. The number of anilines is 2. The third-order valence-electron chi connectivity index (χ3n) is 3.06. The van der Waals surface area contributed by atoms with Crippen molar-refractivity contribution in [1.82, 2.24) is 4.98 Å². The fourth-order valence-corrected chi connectivity index (χ4v) is 1.92. The van der Waals surface area contributed by atoms with E-state index in [-0.39, 0.29) is 6.04 Å². The summed E-state index contributed by atoms with van der Waals surface area (Å²) < 4.78 is 10.5. The van der Waals surface area contributed by atoms with Crippen LogP contribution in [0.15, 0.2) is 36.5 Å². The Bertz CT molecular complexity index is 570. The first kappa shape index (κ1) is 14.0. The molecule has 1 heterocycles. The van der Waals surface area contributed by atoms with Gasteiger partial charge in [-0.3, -0.25) is 0 Å². The van der Waals surface area contributed by atoms with Crippen molar-refractivity contribution >= 4 is 11.5 Å². The second kappa shape index (κ2) is 6.14. The van der Waals surface area contributed by atoms with Gasteiger partial charge < -0.3 is 20.5 Å². The highest BCUT2D eigenvalue weighted by Crippen LogP contribution is 2.30. The molecule has 20 heavy (non-hydrogen) atoms. The molecule has 0 bridgehead atoms. The van der Waals surface area contributed by atoms with Crippen molar-refractivity contribution in [2.45, 2.75) is 13.0 Å². The third-order valence-corrected chi connectivity index (χ3v) is 3.06. The molecule has 1 atom stereocenters. The molecular formula is C15H19N3O2. The number of ether oxygens (including phenoxy) is 2. The molecule has 2 aromatic rings. The minimum absolute atomic E-state index is 0.0888. The lowest BCUT2D eigenvalue weighted by molar-refractivity contribution is 0.354. The quantitative estimate of drug-likeness (QED) is 0.876. The number of nitrogens with one attached hydrogen (secondary N) is 1. The van der Waals surface area contributed by atoms with E-state index in [0.29, 0.717) is 17.2 Å². The highest BCUT2D eigenvalue weighted by atomic mass is 16.5. The van der Waals surface area contributed by atoms with Crippen molar-refractivity contribution in [1.29, 1.82) is 0 Å². The van der Waals surface area contributed by atoms with Crippen LogP contribution in [0.4, 0.5) is 11.5 Å². The molecule has 1 aromatic carbocycles. The van der Waals surface area contributed by atoms with Crippen molar-refractivity contribution in [3.8, 4) is 11.5 Å². The van der Waals surface area contributed by atoms with E-state index in [1.54, 1.807) is 20.4 Å². The van der Waals surface area contributed by atoms with Crippen molar-refractivity contribution in [3.63, 3.8) is 0 Å². The molecule has 0 saturated heterocycles. The third kappa shape index (κ3) is 3.12. The SMILES string of the molecule is COc1ccc(C(C)Nc2ccc(N)cn2)cc1OC. The minimum atomic E-state index is 0.0888. The average Bonchev–Trinajstić information content (AvgIpc) is 2.48. The summed E-state index contributed by atoms with van der Waals surface area (Å²) in [4.78, 5) is 4.23. The van der Waals surface area contributed by atoms with Crippen LogP contribution in [0.5, 0.6) is 11.5 Å². The zero-order chi connectivity index (χ0) is 14.5. The maximum Gasteiger partial charge on any atom is 0.161 e. The van der Waals surface area contributed by atoms with Crippen LogP contribution in [0, 0.1) is 0 Å². The summed E-state index contributed by atoms with van der Waals surface area (Å²) in [7, 11) is 3.25. The van der Waals surface area contributed by atoms with Crippen molar-refractivity contribution in [3.05, 3.63) is 42.1 Å². The number of hydrogen-bond acceptors (Lipinski definition) is 5. The van der Waals surface area contributed by atoms with Gasteiger partial charge in [-0.25, -0.2) is 4.98 Å². The summed E-state index contributed by atoms with van der Waals surface area (Å²) in [5, 5.41) is 3.31. The van der Waals surface area contributed by atoms with Gasteiger partial charge >= 0.3 is 0 Å². The van der Waals surface area contributed by atoms with Crippen LogP contribution in [-0.4, -0.2) is 19.2 Å². The molecule has 3 N–H and O–H groups in total. The van der Waals surface area contributed by atoms with Gasteiger partial charge in [0, 0.05) is 0 Å². The van der Waals surface area contributed by atoms with Crippen LogP contribution in [0.2, 0.25) is 0 Å². The molecule has 0 fully saturated rings. The number of hydrogen-bond donors (Lipinski definition) is 2. The van der Waals surface area contributed by atoms with Gasteiger partial charge in [-0.1, -0.05) is 6.07 Å². The van der Waals surface area contributed by atoms with Crippen LogP contribution in [0.3, 0.4) is 0 Å². The maximum absolute atomic E-state index is 5.62. The smallest absolute Gasteiger partial charge is 0.161 e. The van der Waals surface area contributed by atoms with Gasteiger partial charge in [0.15, 0.2) is 11.5 Å². The van der Waals surface area contributed by atoms with Crippen molar-refractivity contribution in [2.75, 3.05) is 25.3 Å². The Balaban J connectivity index is 2.16. The normalized spacial score (nSPS) is 11.8. The van der Waals surface area contributed by atoms with Gasteiger partial charge in [0.25, 0.3) is 0 Å². The molecule has 1 unspecified atom stereocenters. The van der Waals surface area contributed by atoms with Gasteiger partial charge in [0.05, 0.1) is 32.1 Å². The molecule has 106 valence electrons. The molecule has 0 spiro atoms. The standard InChI is InChI=1S/C15H19N3O2/c1-10(18-15-7-5-12(16)9-17-15)11-4-6-13(19-2)14(8-11)20-3/h4-10H,16H2,1-3H3,(H,17,18). The molecule has 0 saturated carbocycles. The van der Waals surface area contributed by atoms with Gasteiger partial charge in [-0.2, -0.15) is 0 Å². The second-order valence-electron chi connectivity index (χ2n) is 4.46. The van der Waals surface area contributed by atoms with Crippen LogP contribution in [-0.2, 0) is 0 Å². The Kier molecular flexibility index (Phi) is 4.30. The lowest BCUT2D eigenvalue weighted by Gasteiger charge is -2.17. The predicted molar refractivity (Wildman–Crippen MR) is 80.2 cm³/mol. The number of aromatic nitrogens is 1. The zero-order valence-corrected chi connectivity index (χ0v) is 11.9. The molecule has 2 rings (SSSR count). The Morgan fingerprint density at radius 2 is 1.85 bits per heavy atom. The first-order chi connectivity index (χ1) is 9.63. The van der Waals surface area contributed by atoms with E-state index in [0.717, 1.165) is 11.4 Å². The molecule has 0 aliphatic carbocycles. The summed E-state index contributed by atoms with van der Waals surface area (Å²) >= 11 is 0. The summed E-state index contributed by atoms with van der Waals surface area (Å²) in [6, 6.07) is 9.60. The second-order valence-corrected chi connectivity index (χ2v) is 4.46. The zero-order valence-electron chi connectivity index (χ0n) is 11.9. The van der Waals surface area contributed by atoms with E-state index in [9.17, 15) is 0 Å². The molecule has 0 radical (unpaired) electrons. The number of nitrogen functional groups attached to an aromatic ring is 1. The highest BCUT2D eigenvalue weighted by molar-refractivity contribution is 5.48. The van der Waals surface area contributed by atoms with E-state index in [1.165, 1.54) is 0 Å². The average molecular weight is 273 g/mol. The molecular weight excluding hydrogens is 254 g/mol. The Labute approximate surface area is 118 Å². The number of pyridine rings is 1. The van der Waals surface area contributed by atoms with Gasteiger partial charge in [0.2, 0.25) is 0 Å². The van der Waals surface area contributed by atoms with Crippen LogP contribution >= 0.6 is 0 Å². The molecule has 0 amide bonds. The van der Waals surface area contributed by atoms with Crippen molar-refractivity contribution < 1.29 is 9.47 Å². The lowest BCUT2D eigenvalue weighted by Crippen LogP contribution is -2.08. The number of rotatable bonds is 5. The fourth-order valence-electron chi connectivity index (χ4n) is 1.92. The Morgan fingerprint density at radius 1 is 1.10 bits per heavy atom. The van der Waals surface area contributed by atoms with Gasteiger partial charge in [-0.05, 0) is 36.8 Å². The predicted octanol–water partition coefficient (Wildman–Crippen LogP) is 2.85. The van der Waals surface area contributed by atoms with E-state index in [4.69, 9.17) is 15.2 Å². The van der Waals surface area contributed by atoms with E-state index >= 15 is 0 Å². The van der Waals surface area contributed by atoms with E-state index in [1.807, 2.05) is 30.3 Å². The lowest BCUT2D eigenvalue weighted by atomic mass is 10.1. The highest BCUT2D eigenvalue weighted by Gasteiger charge is 2.10. The number of nitrogens with zero attached hydrogens (tertiary/aromatic N) is 1. The molecule has 1 aromatic heterocycles. The first-order valence-corrected chi connectivity index (χ1v) is 6.34. The van der Waals surface area contributed by atoms with Crippen LogP contribution in [0.25, 0.3) is 0 Å². The number of nitrogens with two attached hydrogens (primary N) is 1. The summed E-state index contributed by atoms with van der Waals surface area (Å²) in [6.07, 6.45) is 1.63. The number of benzene rings is 1. The monoisotopic (exact) mass is 273 g/mol. The van der Waals surface area contributed by atoms with E-state index in [2.05, 4.69) is 17.2 Å². The summed E-state index contributed by atoms with van der Waals surface area (Å²) in [6.45, 7) is 2.05. The van der Waals surface area contributed by atoms with Gasteiger partial charge in [0.1, 0.15) is 5.82 Å². The first-order valence-electron chi connectivity index (χ1n) is 6.34. The topological polar surface area (TPSA) is 69.4 Å². The van der Waals surface area contributed by atoms with Crippen LogP contribution in [0.1, 0.15) is 18.5 Å². The molecule has 0 aliphatic heterocycles.